The standard InChI is InChI=1S/C17H19NO3/c1-2-13-6-8-15(9-7-13)18-17(20)12-21-16-5-3-4-14(10-16)11-19/h3-10,19H,2,11-12H2,1H3,(H,18,20). The lowest BCUT2D eigenvalue weighted by Gasteiger charge is -2.08. The van der Waals surface area contributed by atoms with Crippen LogP contribution in [0.2, 0.25) is 0 Å². The fourth-order valence-corrected chi connectivity index (χ4v) is 1.90. The van der Waals surface area contributed by atoms with E-state index in [0.29, 0.717) is 5.75 Å². The van der Waals surface area contributed by atoms with Gasteiger partial charge in [0.15, 0.2) is 6.61 Å². The van der Waals surface area contributed by atoms with Gasteiger partial charge in [-0.05, 0) is 41.8 Å². The number of anilines is 1. The van der Waals surface area contributed by atoms with Gasteiger partial charge in [0.1, 0.15) is 5.75 Å². The molecule has 110 valence electrons. The maximum absolute atomic E-state index is 11.8. The van der Waals surface area contributed by atoms with Crippen molar-refractivity contribution < 1.29 is 14.6 Å². The lowest BCUT2D eigenvalue weighted by molar-refractivity contribution is -0.118. The smallest absolute Gasteiger partial charge is 0.262 e. The molecule has 0 saturated carbocycles. The largest absolute Gasteiger partial charge is 0.484 e. The SMILES string of the molecule is CCc1ccc(NC(=O)COc2cccc(CO)c2)cc1. The summed E-state index contributed by atoms with van der Waals surface area (Å²) in [5.74, 6) is 0.353. The van der Waals surface area contributed by atoms with Crippen molar-refractivity contribution in [3.8, 4) is 5.75 Å². The van der Waals surface area contributed by atoms with Gasteiger partial charge in [0.05, 0.1) is 6.61 Å². The summed E-state index contributed by atoms with van der Waals surface area (Å²) in [6.45, 7) is 1.97. The molecule has 0 aromatic heterocycles. The van der Waals surface area contributed by atoms with Crippen LogP contribution in [0.25, 0.3) is 0 Å². The van der Waals surface area contributed by atoms with E-state index in [2.05, 4.69) is 12.2 Å². The molecule has 4 heteroatoms. The van der Waals surface area contributed by atoms with E-state index in [4.69, 9.17) is 9.84 Å². The average Bonchev–Trinajstić information content (AvgIpc) is 2.54. The first-order valence-electron chi connectivity index (χ1n) is 6.92. The van der Waals surface area contributed by atoms with Crippen molar-refractivity contribution in [2.75, 3.05) is 11.9 Å². The summed E-state index contributed by atoms with van der Waals surface area (Å²) in [6, 6.07) is 14.8. The maximum atomic E-state index is 11.8. The summed E-state index contributed by atoms with van der Waals surface area (Å²) in [7, 11) is 0. The Morgan fingerprint density at radius 1 is 1.14 bits per heavy atom. The molecule has 1 amide bonds. The highest BCUT2D eigenvalue weighted by atomic mass is 16.5. The topological polar surface area (TPSA) is 58.6 Å². The third-order valence-electron chi connectivity index (χ3n) is 3.10. The number of amides is 1. The van der Waals surface area contributed by atoms with Crippen LogP contribution in [0.1, 0.15) is 18.1 Å². The van der Waals surface area contributed by atoms with Crippen molar-refractivity contribution in [1.82, 2.24) is 0 Å². The highest BCUT2D eigenvalue weighted by Crippen LogP contribution is 2.14. The van der Waals surface area contributed by atoms with E-state index in [0.717, 1.165) is 17.7 Å². The second kappa shape index (κ2) is 7.45. The summed E-state index contributed by atoms with van der Waals surface area (Å²) in [5, 5.41) is 11.8. The molecule has 2 rings (SSSR count). The van der Waals surface area contributed by atoms with Gasteiger partial charge in [0, 0.05) is 5.69 Å². The van der Waals surface area contributed by atoms with Crippen molar-refractivity contribution in [1.29, 1.82) is 0 Å². The number of benzene rings is 2. The zero-order valence-corrected chi connectivity index (χ0v) is 12.0. The Morgan fingerprint density at radius 2 is 1.90 bits per heavy atom. The molecule has 2 aromatic carbocycles. The van der Waals surface area contributed by atoms with Gasteiger partial charge < -0.3 is 15.2 Å². The number of carbonyl (C=O) groups is 1. The van der Waals surface area contributed by atoms with Gasteiger partial charge in [-0.15, -0.1) is 0 Å². The normalized spacial score (nSPS) is 10.2. The molecule has 0 fully saturated rings. The Bertz CT molecular complexity index is 593. The third-order valence-corrected chi connectivity index (χ3v) is 3.10. The molecule has 0 heterocycles. The Balaban J connectivity index is 1.86. The molecule has 0 aliphatic carbocycles. The Labute approximate surface area is 124 Å². The minimum atomic E-state index is -0.214. The van der Waals surface area contributed by atoms with E-state index in [1.807, 2.05) is 24.3 Å². The second-order valence-electron chi connectivity index (χ2n) is 4.69. The zero-order valence-electron chi connectivity index (χ0n) is 12.0. The highest BCUT2D eigenvalue weighted by molar-refractivity contribution is 5.91. The number of nitrogens with one attached hydrogen (secondary N) is 1. The molecular formula is C17H19NO3. The minimum absolute atomic E-state index is 0.0484. The number of ether oxygens (including phenoxy) is 1. The highest BCUT2D eigenvalue weighted by Gasteiger charge is 2.04. The molecule has 21 heavy (non-hydrogen) atoms. The molecule has 4 nitrogen and oxygen atoms in total. The molecule has 2 N–H and O–H groups in total. The number of aryl methyl sites for hydroxylation is 1. The first kappa shape index (κ1) is 15.1. The van der Waals surface area contributed by atoms with Gasteiger partial charge in [-0.25, -0.2) is 0 Å². The maximum Gasteiger partial charge on any atom is 0.262 e. The molecule has 0 bridgehead atoms. The molecule has 0 aliphatic heterocycles. The molecule has 0 atom stereocenters. The second-order valence-corrected chi connectivity index (χ2v) is 4.69. The summed E-state index contributed by atoms with van der Waals surface area (Å²) in [5.41, 5.74) is 2.73. The van der Waals surface area contributed by atoms with Crippen LogP contribution in [0.4, 0.5) is 5.69 Å². The Hall–Kier alpha value is -2.33. The van der Waals surface area contributed by atoms with E-state index < -0.39 is 0 Å². The monoisotopic (exact) mass is 285 g/mol. The molecule has 0 spiro atoms. The van der Waals surface area contributed by atoms with Crippen LogP contribution in [-0.4, -0.2) is 17.6 Å². The molecular weight excluding hydrogens is 266 g/mol. The van der Waals surface area contributed by atoms with Crippen molar-refractivity contribution >= 4 is 11.6 Å². The van der Waals surface area contributed by atoms with Crippen molar-refractivity contribution in [3.63, 3.8) is 0 Å². The van der Waals surface area contributed by atoms with Crippen LogP contribution in [-0.2, 0) is 17.8 Å². The quantitative estimate of drug-likeness (QED) is 0.858. The van der Waals surface area contributed by atoms with Gasteiger partial charge in [-0.3, -0.25) is 4.79 Å². The lowest BCUT2D eigenvalue weighted by Crippen LogP contribution is -2.20. The molecule has 0 unspecified atom stereocenters. The van der Waals surface area contributed by atoms with Gasteiger partial charge in [0.25, 0.3) is 5.91 Å². The van der Waals surface area contributed by atoms with Gasteiger partial charge in [-0.1, -0.05) is 31.2 Å². The van der Waals surface area contributed by atoms with Crippen LogP contribution >= 0.6 is 0 Å². The van der Waals surface area contributed by atoms with Crippen LogP contribution in [0, 0.1) is 0 Å². The zero-order chi connectivity index (χ0) is 15.1. The van der Waals surface area contributed by atoms with Crippen LogP contribution < -0.4 is 10.1 Å². The van der Waals surface area contributed by atoms with E-state index in [1.54, 1.807) is 24.3 Å². The summed E-state index contributed by atoms with van der Waals surface area (Å²) < 4.78 is 5.40. The molecule has 2 aromatic rings. The fraction of sp³-hybridized carbons (Fsp3) is 0.235. The molecule has 0 saturated heterocycles. The fourth-order valence-electron chi connectivity index (χ4n) is 1.90. The van der Waals surface area contributed by atoms with Gasteiger partial charge in [0.2, 0.25) is 0 Å². The van der Waals surface area contributed by atoms with Crippen molar-refractivity contribution in [3.05, 3.63) is 59.7 Å². The predicted molar refractivity (Wildman–Crippen MR) is 82.3 cm³/mol. The van der Waals surface area contributed by atoms with Crippen LogP contribution in [0.15, 0.2) is 48.5 Å². The summed E-state index contributed by atoms with van der Waals surface area (Å²) in [4.78, 5) is 11.8. The van der Waals surface area contributed by atoms with Gasteiger partial charge in [-0.2, -0.15) is 0 Å². The number of aliphatic hydroxyl groups is 1. The summed E-state index contributed by atoms with van der Waals surface area (Å²) in [6.07, 6.45) is 0.971. The average molecular weight is 285 g/mol. The molecule has 0 radical (unpaired) electrons. The number of hydrogen-bond donors (Lipinski definition) is 2. The van der Waals surface area contributed by atoms with E-state index in [1.165, 1.54) is 5.56 Å². The number of aliphatic hydroxyl groups excluding tert-OH is 1. The number of rotatable bonds is 6. The summed E-state index contributed by atoms with van der Waals surface area (Å²) >= 11 is 0. The van der Waals surface area contributed by atoms with Crippen LogP contribution in [0.5, 0.6) is 5.75 Å². The lowest BCUT2D eigenvalue weighted by atomic mass is 10.1. The molecule has 0 aliphatic rings. The predicted octanol–water partition coefficient (Wildman–Crippen LogP) is 2.76. The first-order valence-corrected chi connectivity index (χ1v) is 6.92. The van der Waals surface area contributed by atoms with E-state index in [9.17, 15) is 4.79 Å². The minimum Gasteiger partial charge on any atom is -0.484 e. The van der Waals surface area contributed by atoms with Crippen molar-refractivity contribution in [2.24, 2.45) is 0 Å². The van der Waals surface area contributed by atoms with Crippen molar-refractivity contribution in [2.45, 2.75) is 20.0 Å². The Kier molecular flexibility index (Phi) is 5.35. The number of hydrogen-bond acceptors (Lipinski definition) is 3. The van der Waals surface area contributed by atoms with E-state index in [-0.39, 0.29) is 19.1 Å². The Morgan fingerprint density at radius 3 is 2.57 bits per heavy atom. The number of carbonyl (C=O) groups excluding carboxylic acids is 1. The first-order chi connectivity index (χ1) is 10.2. The van der Waals surface area contributed by atoms with Gasteiger partial charge >= 0.3 is 0 Å². The van der Waals surface area contributed by atoms with E-state index >= 15 is 0 Å². The van der Waals surface area contributed by atoms with Crippen LogP contribution in [0.3, 0.4) is 0 Å². The third kappa shape index (κ3) is 4.61.